The molecule has 21 heavy (non-hydrogen) atoms. The van der Waals surface area contributed by atoms with Crippen molar-refractivity contribution in [3.8, 4) is 0 Å². The van der Waals surface area contributed by atoms with Gasteiger partial charge in [-0.15, -0.1) is 0 Å². The van der Waals surface area contributed by atoms with Gasteiger partial charge in [0.2, 0.25) is 5.52 Å². The van der Waals surface area contributed by atoms with Gasteiger partial charge >= 0.3 is 11.9 Å². The van der Waals surface area contributed by atoms with Crippen LogP contribution in [0.4, 0.5) is 24.5 Å². The zero-order valence-electron chi connectivity index (χ0n) is 10.4. The lowest BCUT2D eigenvalue weighted by Crippen LogP contribution is -2.20. The molecule has 0 saturated carbocycles. The second-order valence-corrected chi connectivity index (χ2v) is 3.95. The summed E-state index contributed by atoms with van der Waals surface area (Å²) in [5, 5.41) is 20.5. The van der Waals surface area contributed by atoms with Gasteiger partial charge in [-0.2, -0.15) is 13.2 Å². The van der Waals surface area contributed by atoms with Gasteiger partial charge in [0.15, 0.2) is 5.52 Å². The van der Waals surface area contributed by atoms with Crippen LogP contribution in [0.5, 0.6) is 0 Å². The molecule has 2 rings (SSSR count). The molecule has 1 N–H and O–H groups in total. The van der Waals surface area contributed by atoms with Crippen molar-refractivity contribution in [1.82, 2.24) is 10.3 Å². The molecule has 0 aliphatic heterocycles. The number of hydrogen-bond acceptors (Lipinski definition) is 7. The molecule has 0 unspecified atom stereocenters. The minimum atomic E-state index is -4.38. The van der Waals surface area contributed by atoms with Gasteiger partial charge in [0.05, 0.1) is 17.2 Å². The molecule has 0 fully saturated rings. The molecule has 1 aromatic carbocycles. The molecule has 0 saturated heterocycles. The third-order valence-corrected chi connectivity index (χ3v) is 2.42. The number of fused-ring (bicyclic) bond motifs is 1. The zero-order chi connectivity index (χ0) is 15.5. The second kappa shape index (κ2) is 5.91. The van der Waals surface area contributed by atoms with Crippen LogP contribution >= 0.6 is 0 Å². The number of ether oxygens (including phenoxy) is 1. The smallest absolute Gasteiger partial charge is 0.381 e. The lowest BCUT2D eigenvalue weighted by molar-refractivity contribution is -0.383. The number of aromatic nitrogens is 2. The van der Waals surface area contributed by atoms with Crippen molar-refractivity contribution in [2.75, 3.05) is 25.1 Å². The molecular weight excluding hydrogens is 297 g/mol. The number of benzene rings is 1. The Balaban J connectivity index is 1.99. The van der Waals surface area contributed by atoms with Crippen molar-refractivity contribution in [3.05, 3.63) is 22.2 Å². The summed E-state index contributed by atoms with van der Waals surface area (Å²) in [5.41, 5.74) is 0.166. The Morgan fingerprint density at radius 3 is 2.71 bits per heavy atom. The van der Waals surface area contributed by atoms with E-state index in [0.717, 1.165) is 0 Å². The number of nitrogens with one attached hydrogen (secondary N) is 1. The fourth-order valence-corrected chi connectivity index (χ4v) is 1.59. The summed E-state index contributed by atoms with van der Waals surface area (Å²) in [4.78, 5) is 10.1. The lowest BCUT2D eigenvalue weighted by Gasteiger charge is -2.09. The van der Waals surface area contributed by atoms with Gasteiger partial charge in [-0.3, -0.25) is 10.1 Å². The van der Waals surface area contributed by atoms with E-state index in [-0.39, 0.29) is 29.9 Å². The van der Waals surface area contributed by atoms with Crippen LogP contribution in [-0.4, -0.2) is 41.2 Å². The summed E-state index contributed by atoms with van der Waals surface area (Å²) >= 11 is 0. The van der Waals surface area contributed by atoms with Crippen LogP contribution in [0.2, 0.25) is 0 Å². The number of hydrogen-bond donors (Lipinski definition) is 1. The van der Waals surface area contributed by atoms with E-state index in [1.54, 1.807) is 0 Å². The molecule has 1 heterocycles. The number of nitro benzene ring substituents is 1. The van der Waals surface area contributed by atoms with Crippen LogP contribution in [-0.2, 0) is 4.74 Å². The van der Waals surface area contributed by atoms with E-state index in [1.165, 1.54) is 12.1 Å². The number of halogens is 3. The summed E-state index contributed by atoms with van der Waals surface area (Å²) in [6.07, 6.45) is -4.38. The first kappa shape index (κ1) is 15.0. The highest BCUT2D eigenvalue weighted by molar-refractivity contribution is 5.93. The van der Waals surface area contributed by atoms with Gasteiger partial charge in [0.25, 0.3) is 0 Å². The molecule has 0 spiro atoms. The fraction of sp³-hybridized carbons (Fsp3) is 0.400. The van der Waals surface area contributed by atoms with Gasteiger partial charge in [-0.25, -0.2) is 4.63 Å². The Morgan fingerprint density at radius 2 is 2.05 bits per heavy atom. The first-order valence-corrected chi connectivity index (χ1v) is 5.66. The standard InChI is InChI=1S/C10H9F3N4O4/c11-10(12,13)5-20-4-3-14-6-1-2-7(17(18)19)9-8(6)15-21-16-9/h1-2,14H,3-5H2. The topological polar surface area (TPSA) is 103 Å². The maximum Gasteiger partial charge on any atom is 0.411 e. The first-order valence-electron chi connectivity index (χ1n) is 5.66. The number of anilines is 1. The van der Waals surface area contributed by atoms with Crippen molar-refractivity contribution in [1.29, 1.82) is 0 Å². The van der Waals surface area contributed by atoms with Gasteiger partial charge < -0.3 is 10.1 Å². The third-order valence-electron chi connectivity index (χ3n) is 2.42. The van der Waals surface area contributed by atoms with E-state index in [4.69, 9.17) is 0 Å². The Labute approximate surface area is 115 Å². The highest BCUT2D eigenvalue weighted by Gasteiger charge is 2.27. The van der Waals surface area contributed by atoms with Crippen LogP contribution < -0.4 is 5.32 Å². The molecule has 0 amide bonds. The van der Waals surface area contributed by atoms with E-state index in [2.05, 4.69) is 25.0 Å². The van der Waals surface area contributed by atoms with E-state index in [1.807, 2.05) is 0 Å². The van der Waals surface area contributed by atoms with E-state index in [9.17, 15) is 23.3 Å². The Hall–Kier alpha value is -2.43. The molecule has 1 aromatic heterocycles. The summed E-state index contributed by atoms with van der Waals surface area (Å²) in [5.74, 6) is 0. The van der Waals surface area contributed by atoms with Crippen LogP contribution in [0.1, 0.15) is 0 Å². The summed E-state index contributed by atoms with van der Waals surface area (Å²) < 4.78 is 44.4. The lowest BCUT2D eigenvalue weighted by atomic mass is 10.2. The number of nitro groups is 1. The normalized spacial score (nSPS) is 11.8. The van der Waals surface area contributed by atoms with Gasteiger partial charge in [0, 0.05) is 12.6 Å². The number of alkyl halides is 3. The molecule has 0 bridgehead atoms. The van der Waals surface area contributed by atoms with Gasteiger partial charge in [-0.1, -0.05) is 0 Å². The van der Waals surface area contributed by atoms with Crippen molar-refractivity contribution in [3.63, 3.8) is 0 Å². The van der Waals surface area contributed by atoms with Crippen molar-refractivity contribution >= 4 is 22.4 Å². The van der Waals surface area contributed by atoms with Crippen molar-refractivity contribution in [2.24, 2.45) is 0 Å². The minimum Gasteiger partial charge on any atom is -0.381 e. The molecule has 0 aliphatic carbocycles. The quantitative estimate of drug-likeness (QED) is 0.495. The third kappa shape index (κ3) is 3.78. The van der Waals surface area contributed by atoms with Crippen molar-refractivity contribution in [2.45, 2.75) is 6.18 Å². The largest absolute Gasteiger partial charge is 0.411 e. The Kier molecular flexibility index (Phi) is 4.21. The SMILES string of the molecule is O=[N+]([O-])c1ccc(NCCOCC(F)(F)F)c2nonc12. The Morgan fingerprint density at radius 1 is 1.33 bits per heavy atom. The summed E-state index contributed by atoms with van der Waals surface area (Å²) in [7, 11) is 0. The minimum absolute atomic E-state index is 0.0405. The summed E-state index contributed by atoms with van der Waals surface area (Å²) in [6.45, 7) is -1.46. The van der Waals surface area contributed by atoms with E-state index < -0.39 is 17.7 Å². The molecule has 11 heteroatoms. The number of non-ortho nitro benzene ring substituents is 1. The molecule has 0 aliphatic rings. The maximum atomic E-state index is 11.9. The molecule has 2 aromatic rings. The highest BCUT2D eigenvalue weighted by atomic mass is 19.4. The maximum absolute atomic E-state index is 11.9. The molecular formula is C10H9F3N4O4. The number of rotatable bonds is 6. The molecule has 114 valence electrons. The molecule has 0 atom stereocenters. The van der Waals surface area contributed by atoms with Crippen LogP contribution in [0.15, 0.2) is 16.8 Å². The zero-order valence-corrected chi connectivity index (χ0v) is 10.4. The van der Waals surface area contributed by atoms with Crippen LogP contribution in [0, 0.1) is 10.1 Å². The average molecular weight is 306 g/mol. The van der Waals surface area contributed by atoms with Gasteiger partial charge in [0.1, 0.15) is 6.61 Å². The van der Waals surface area contributed by atoms with Crippen LogP contribution in [0.25, 0.3) is 11.0 Å². The second-order valence-electron chi connectivity index (χ2n) is 3.95. The van der Waals surface area contributed by atoms with Crippen molar-refractivity contribution < 1.29 is 27.5 Å². The monoisotopic (exact) mass is 306 g/mol. The predicted octanol–water partition coefficient (Wildman–Crippen LogP) is 2.12. The first-order chi connectivity index (χ1) is 9.88. The Bertz CT molecular complexity index is 643. The van der Waals surface area contributed by atoms with Crippen LogP contribution in [0.3, 0.4) is 0 Å². The molecule has 8 nitrogen and oxygen atoms in total. The fourth-order valence-electron chi connectivity index (χ4n) is 1.59. The average Bonchev–Trinajstić information content (AvgIpc) is 2.85. The summed E-state index contributed by atoms with van der Waals surface area (Å²) in [6, 6.07) is 2.57. The van der Waals surface area contributed by atoms with E-state index in [0.29, 0.717) is 5.69 Å². The van der Waals surface area contributed by atoms with E-state index >= 15 is 0 Å². The number of nitrogens with zero attached hydrogens (tertiary/aromatic N) is 3. The van der Waals surface area contributed by atoms with Gasteiger partial charge in [-0.05, 0) is 16.4 Å². The molecule has 0 radical (unpaired) electrons. The predicted molar refractivity (Wildman–Crippen MR) is 63.8 cm³/mol. The highest BCUT2D eigenvalue weighted by Crippen LogP contribution is 2.28.